The van der Waals surface area contributed by atoms with Crippen LogP contribution < -0.4 is 11.1 Å². The highest BCUT2D eigenvalue weighted by Crippen LogP contribution is 2.38. The van der Waals surface area contributed by atoms with E-state index in [1.165, 1.54) is 17.4 Å². The molecule has 0 radical (unpaired) electrons. The minimum atomic E-state index is -0.493. The molecule has 4 rings (SSSR count). The first kappa shape index (κ1) is 17.3. The average molecular weight is 378 g/mol. The molecule has 0 spiro atoms. The predicted octanol–water partition coefficient (Wildman–Crippen LogP) is 4.25. The fourth-order valence-electron chi connectivity index (χ4n) is 3.26. The number of benzene rings is 1. The summed E-state index contributed by atoms with van der Waals surface area (Å²) in [5, 5.41) is 3.31. The molecule has 0 atom stereocenters. The monoisotopic (exact) mass is 378 g/mol. The van der Waals surface area contributed by atoms with Crippen molar-refractivity contribution < 1.29 is 14.0 Å². The van der Waals surface area contributed by atoms with Gasteiger partial charge in [0, 0.05) is 16.5 Å². The van der Waals surface area contributed by atoms with Gasteiger partial charge in [-0.15, -0.1) is 11.3 Å². The van der Waals surface area contributed by atoms with Crippen LogP contribution in [0.1, 0.15) is 33.0 Å². The average Bonchev–Trinajstić information content (AvgIpc) is 3.36. The highest BCUT2D eigenvalue weighted by molar-refractivity contribution is 7.17. The van der Waals surface area contributed by atoms with E-state index >= 15 is 0 Å². The van der Waals surface area contributed by atoms with Gasteiger partial charge in [0.1, 0.15) is 16.5 Å². The molecule has 0 saturated heterocycles. The van der Waals surface area contributed by atoms with Gasteiger partial charge in [-0.2, -0.15) is 0 Å². The molecular weight excluding hydrogens is 360 g/mol. The minimum absolute atomic E-state index is 0.324. The molecule has 27 heavy (non-hydrogen) atoms. The van der Waals surface area contributed by atoms with E-state index in [2.05, 4.69) is 5.32 Å². The third-order valence-electron chi connectivity index (χ3n) is 4.49. The normalized spacial score (nSPS) is 13.0. The molecule has 6 heteroatoms. The smallest absolute Gasteiger partial charge is 0.251 e. The fraction of sp³-hybridized carbons (Fsp3) is 0.143. The number of aryl methyl sites for hydroxylation is 1. The summed E-state index contributed by atoms with van der Waals surface area (Å²) in [6.07, 6.45) is 5.79. The summed E-state index contributed by atoms with van der Waals surface area (Å²) >= 11 is 1.44. The van der Waals surface area contributed by atoms with E-state index in [0.29, 0.717) is 16.3 Å². The first-order chi connectivity index (χ1) is 13.1. The van der Waals surface area contributed by atoms with Crippen LogP contribution in [0.5, 0.6) is 0 Å². The third-order valence-corrected chi connectivity index (χ3v) is 5.70. The van der Waals surface area contributed by atoms with Gasteiger partial charge >= 0.3 is 0 Å². The van der Waals surface area contributed by atoms with Crippen LogP contribution in [0.4, 0.5) is 5.00 Å². The number of hydrogen-bond donors (Lipinski definition) is 2. The molecule has 0 aliphatic heterocycles. The molecule has 2 amide bonds. The second-order valence-electron chi connectivity index (χ2n) is 6.32. The van der Waals surface area contributed by atoms with Crippen LogP contribution >= 0.6 is 11.3 Å². The molecule has 2 heterocycles. The molecular formula is C21H18N2O3S. The number of hydrogen-bond acceptors (Lipinski definition) is 4. The molecule has 1 aliphatic rings. The van der Waals surface area contributed by atoms with Gasteiger partial charge in [-0.3, -0.25) is 9.59 Å². The number of rotatable bonds is 5. The van der Waals surface area contributed by atoms with E-state index in [1.54, 1.807) is 12.1 Å². The number of nitrogens with two attached hydrogens (primary N) is 1. The topological polar surface area (TPSA) is 85.3 Å². The van der Waals surface area contributed by atoms with Gasteiger partial charge in [-0.1, -0.05) is 30.3 Å². The second-order valence-corrected chi connectivity index (χ2v) is 7.42. The van der Waals surface area contributed by atoms with E-state index in [-0.39, 0.29) is 5.91 Å². The van der Waals surface area contributed by atoms with Gasteiger partial charge in [0.15, 0.2) is 0 Å². The Morgan fingerprint density at radius 2 is 1.93 bits per heavy atom. The van der Waals surface area contributed by atoms with E-state index in [0.717, 1.165) is 41.0 Å². The van der Waals surface area contributed by atoms with Crippen LogP contribution in [-0.2, 0) is 17.6 Å². The second kappa shape index (κ2) is 7.25. The minimum Gasteiger partial charge on any atom is -0.457 e. The summed E-state index contributed by atoms with van der Waals surface area (Å²) in [6.45, 7) is 0. The Balaban J connectivity index is 1.48. The van der Waals surface area contributed by atoms with Crippen LogP contribution in [0, 0.1) is 0 Å². The molecule has 0 fully saturated rings. The van der Waals surface area contributed by atoms with Crippen LogP contribution in [0.15, 0.2) is 53.0 Å². The molecule has 3 N–H and O–H groups in total. The standard InChI is InChI=1S/C21H18N2O3S/c22-20(25)19-15-7-4-8-17(15)27-21(19)23-18(24)12-10-14-9-11-16(26-14)13-5-2-1-3-6-13/h1-3,5-6,9-12H,4,7-8H2,(H2,22,25)(H,23,24). The zero-order valence-electron chi connectivity index (χ0n) is 14.5. The maximum absolute atomic E-state index is 12.3. The van der Waals surface area contributed by atoms with Crippen LogP contribution in [0.25, 0.3) is 17.4 Å². The number of primary amides is 1. The summed E-state index contributed by atoms with van der Waals surface area (Å²) in [4.78, 5) is 25.2. The van der Waals surface area contributed by atoms with Crippen molar-refractivity contribution in [3.63, 3.8) is 0 Å². The lowest BCUT2D eigenvalue weighted by molar-refractivity contribution is -0.111. The Morgan fingerprint density at radius 3 is 2.70 bits per heavy atom. The summed E-state index contributed by atoms with van der Waals surface area (Å²) in [7, 11) is 0. The first-order valence-electron chi connectivity index (χ1n) is 8.70. The maximum atomic E-state index is 12.3. The Labute approximate surface area is 160 Å². The van der Waals surface area contributed by atoms with Crippen molar-refractivity contribution in [2.24, 2.45) is 5.73 Å². The Bertz CT molecular complexity index is 1030. The maximum Gasteiger partial charge on any atom is 0.251 e. The molecule has 1 aromatic carbocycles. The fourth-order valence-corrected chi connectivity index (χ4v) is 4.56. The SMILES string of the molecule is NC(=O)c1c(NC(=O)C=Cc2ccc(-c3ccccc3)o2)sc2c1CCC2. The van der Waals surface area contributed by atoms with Crippen molar-refractivity contribution in [3.8, 4) is 11.3 Å². The lowest BCUT2D eigenvalue weighted by Gasteiger charge is -2.03. The van der Waals surface area contributed by atoms with Gasteiger partial charge in [-0.25, -0.2) is 0 Å². The number of amides is 2. The van der Waals surface area contributed by atoms with Crippen molar-refractivity contribution in [1.29, 1.82) is 0 Å². The summed E-state index contributed by atoms with van der Waals surface area (Å²) in [5.74, 6) is 0.497. The lowest BCUT2D eigenvalue weighted by atomic mass is 10.1. The third kappa shape index (κ3) is 3.57. The number of anilines is 1. The first-order valence-corrected chi connectivity index (χ1v) is 9.52. The van der Waals surface area contributed by atoms with Crippen LogP contribution in [0.3, 0.4) is 0 Å². The largest absolute Gasteiger partial charge is 0.457 e. The van der Waals surface area contributed by atoms with Crippen molar-refractivity contribution in [2.45, 2.75) is 19.3 Å². The zero-order valence-corrected chi connectivity index (χ0v) is 15.3. The van der Waals surface area contributed by atoms with Crippen LogP contribution in [-0.4, -0.2) is 11.8 Å². The molecule has 1 aliphatic carbocycles. The Kier molecular flexibility index (Phi) is 4.64. The number of furan rings is 1. The summed E-state index contributed by atoms with van der Waals surface area (Å²) in [5.41, 5.74) is 7.94. The lowest BCUT2D eigenvalue weighted by Crippen LogP contribution is -2.16. The molecule has 5 nitrogen and oxygen atoms in total. The quantitative estimate of drug-likeness (QED) is 0.651. The van der Waals surface area contributed by atoms with Crippen molar-refractivity contribution >= 4 is 34.2 Å². The summed E-state index contributed by atoms with van der Waals surface area (Å²) < 4.78 is 5.74. The number of carbonyl (C=O) groups is 2. The van der Waals surface area contributed by atoms with Crippen LogP contribution in [0.2, 0.25) is 0 Å². The van der Waals surface area contributed by atoms with Crippen molar-refractivity contribution in [2.75, 3.05) is 5.32 Å². The highest BCUT2D eigenvalue weighted by atomic mass is 32.1. The molecule has 3 aromatic rings. The molecule has 0 bridgehead atoms. The van der Waals surface area contributed by atoms with E-state index in [9.17, 15) is 9.59 Å². The molecule has 0 unspecified atom stereocenters. The molecule has 136 valence electrons. The van der Waals surface area contributed by atoms with E-state index in [4.69, 9.17) is 10.2 Å². The predicted molar refractivity (Wildman–Crippen MR) is 107 cm³/mol. The number of nitrogens with one attached hydrogen (secondary N) is 1. The van der Waals surface area contributed by atoms with E-state index < -0.39 is 5.91 Å². The number of carbonyl (C=O) groups excluding carboxylic acids is 2. The van der Waals surface area contributed by atoms with Gasteiger partial charge < -0.3 is 15.5 Å². The Hall–Kier alpha value is -3.12. The Morgan fingerprint density at radius 1 is 1.11 bits per heavy atom. The van der Waals surface area contributed by atoms with Gasteiger partial charge in [0.25, 0.3) is 5.91 Å². The van der Waals surface area contributed by atoms with Gasteiger partial charge in [0.05, 0.1) is 5.56 Å². The molecule has 0 saturated carbocycles. The van der Waals surface area contributed by atoms with Crippen molar-refractivity contribution in [1.82, 2.24) is 0 Å². The number of fused-ring (bicyclic) bond motifs is 1. The van der Waals surface area contributed by atoms with Gasteiger partial charge in [-0.05, 0) is 43.0 Å². The number of thiophene rings is 1. The molecule has 2 aromatic heterocycles. The van der Waals surface area contributed by atoms with E-state index in [1.807, 2.05) is 36.4 Å². The van der Waals surface area contributed by atoms with Crippen molar-refractivity contribution in [3.05, 3.63) is 70.3 Å². The summed E-state index contributed by atoms with van der Waals surface area (Å²) in [6, 6.07) is 13.4. The van der Waals surface area contributed by atoms with Gasteiger partial charge in [0.2, 0.25) is 5.91 Å². The zero-order chi connectivity index (χ0) is 18.8. The highest BCUT2D eigenvalue weighted by Gasteiger charge is 2.25.